The van der Waals surface area contributed by atoms with Crippen molar-refractivity contribution in [1.29, 1.82) is 0 Å². The predicted molar refractivity (Wildman–Crippen MR) is 68.3 cm³/mol. The van der Waals surface area contributed by atoms with E-state index in [2.05, 4.69) is 34.4 Å². The first-order valence-electron chi connectivity index (χ1n) is 5.47. The third-order valence-electron chi connectivity index (χ3n) is 2.46. The van der Waals surface area contributed by atoms with Crippen molar-refractivity contribution in [2.75, 3.05) is 7.11 Å². The van der Waals surface area contributed by atoms with Gasteiger partial charge in [-0.3, -0.25) is 0 Å². The van der Waals surface area contributed by atoms with Gasteiger partial charge in [-0.15, -0.1) is 0 Å². The van der Waals surface area contributed by atoms with E-state index in [0.29, 0.717) is 0 Å². The van der Waals surface area contributed by atoms with E-state index in [1.54, 1.807) is 10.4 Å². The number of aryl methyl sites for hydroxylation is 1. The summed E-state index contributed by atoms with van der Waals surface area (Å²) in [5.74, 6) is 0. The van der Waals surface area contributed by atoms with Crippen molar-refractivity contribution >= 4 is 25.0 Å². The van der Waals surface area contributed by atoms with Gasteiger partial charge >= 0.3 is 102 Å². The van der Waals surface area contributed by atoms with E-state index in [1.807, 2.05) is 0 Å². The molecule has 0 fully saturated rings. The molecule has 0 aliphatic carbocycles. The summed E-state index contributed by atoms with van der Waals surface area (Å²) >= 11 is -1.32. The third kappa shape index (κ3) is 3.85. The number of rotatable bonds is 5. The molecule has 0 aliphatic heterocycles. The van der Waals surface area contributed by atoms with Crippen molar-refractivity contribution in [3.63, 3.8) is 0 Å². The summed E-state index contributed by atoms with van der Waals surface area (Å²) in [7, 11) is 1.78. The molecule has 0 atom stereocenters. The third-order valence-corrected chi connectivity index (χ3v) is 7.91. The molecular weight excluding hydrogens is 381 g/mol. The average molecular weight is 402 g/mol. The summed E-state index contributed by atoms with van der Waals surface area (Å²) in [5, 5.41) is 0. The molecule has 2 heteroatoms. The van der Waals surface area contributed by atoms with Crippen molar-refractivity contribution in [3.05, 3.63) is 29.3 Å². The fraction of sp³-hybridized carbons (Fsp3) is 0.538. The van der Waals surface area contributed by atoms with E-state index in [-0.39, 0.29) is 0 Å². The summed E-state index contributed by atoms with van der Waals surface area (Å²) in [6.45, 7) is 3.01. The average Bonchev–Trinajstić information content (AvgIpc) is 2.18. The van der Waals surface area contributed by atoms with Crippen LogP contribution in [0.5, 0.6) is 0 Å². The fourth-order valence-electron chi connectivity index (χ4n) is 1.79. The second-order valence-corrected chi connectivity index (χ2v) is 12.9. The molecule has 0 spiro atoms. The van der Waals surface area contributed by atoms with Crippen molar-refractivity contribution in [1.82, 2.24) is 0 Å². The molecule has 0 amide bonds. The normalized spacial score (nSPS) is 11.0. The predicted octanol–water partition coefficient (Wildman–Crippen LogP) is 2.75. The zero-order valence-electron chi connectivity index (χ0n) is 10.2. The van der Waals surface area contributed by atoms with Crippen LogP contribution in [0, 0.1) is 0 Å². The molecule has 1 aromatic rings. The van der Waals surface area contributed by atoms with Gasteiger partial charge in [-0.05, 0) is 0 Å². The van der Waals surface area contributed by atoms with E-state index in [4.69, 9.17) is 4.74 Å². The van der Waals surface area contributed by atoms with Crippen LogP contribution in [0.15, 0.2) is 18.2 Å². The van der Waals surface area contributed by atoms with Gasteiger partial charge in [0.05, 0.1) is 0 Å². The second-order valence-electron chi connectivity index (χ2n) is 4.04. The van der Waals surface area contributed by atoms with Gasteiger partial charge in [0, 0.05) is 0 Å². The standard InChI is InChI=1S/C11H15O.2CH3.Bi/c1-3-5-10-6-4-7-11(8-10)9-12-2;;;/h4,6,8H,3,5,9H2,1-2H3;2*1H3;. The van der Waals surface area contributed by atoms with Gasteiger partial charge < -0.3 is 0 Å². The molecule has 0 unspecified atom stereocenters. The topological polar surface area (TPSA) is 9.23 Å². The number of ether oxygens (including phenoxy) is 1. The monoisotopic (exact) mass is 402 g/mol. The van der Waals surface area contributed by atoms with Gasteiger partial charge in [0.2, 0.25) is 0 Å². The van der Waals surface area contributed by atoms with Gasteiger partial charge in [-0.2, -0.15) is 0 Å². The molecule has 0 bridgehead atoms. The second kappa shape index (κ2) is 6.60. The first kappa shape index (κ1) is 13.1. The van der Waals surface area contributed by atoms with Crippen LogP contribution < -0.4 is 3.27 Å². The van der Waals surface area contributed by atoms with Crippen LogP contribution in [0.3, 0.4) is 0 Å². The Labute approximate surface area is 102 Å². The van der Waals surface area contributed by atoms with Crippen LogP contribution in [0.4, 0.5) is 0 Å². The molecule has 15 heavy (non-hydrogen) atoms. The first-order valence-corrected chi connectivity index (χ1v) is 14.2. The Morgan fingerprint density at radius 3 is 2.53 bits per heavy atom. The minimum absolute atomic E-state index is 0.778. The molecular formula is C13H21BiO. The molecule has 0 aromatic heterocycles. The van der Waals surface area contributed by atoms with Gasteiger partial charge in [-0.1, -0.05) is 0 Å². The van der Waals surface area contributed by atoms with E-state index in [0.717, 1.165) is 6.61 Å². The van der Waals surface area contributed by atoms with Gasteiger partial charge in [-0.25, -0.2) is 0 Å². The molecule has 1 rings (SSSR count). The van der Waals surface area contributed by atoms with Crippen LogP contribution in [0.25, 0.3) is 0 Å². The maximum atomic E-state index is 5.28. The van der Waals surface area contributed by atoms with E-state index in [1.165, 1.54) is 24.0 Å². The summed E-state index contributed by atoms with van der Waals surface area (Å²) in [6, 6.07) is 6.99. The Bertz CT molecular complexity index is 307. The molecule has 0 heterocycles. The minimum atomic E-state index is -1.32. The van der Waals surface area contributed by atoms with Gasteiger partial charge in [0.15, 0.2) is 0 Å². The molecule has 1 aromatic carbocycles. The zero-order chi connectivity index (χ0) is 11.3. The molecule has 0 radical (unpaired) electrons. The number of hydrogen-bond donors (Lipinski definition) is 0. The fourth-order valence-corrected chi connectivity index (χ4v) is 5.97. The van der Waals surface area contributed by atoms with Crippen molar-refractivity contribution in [2.24, 2.45) is 0 Å². The maximum absolute atomic E-state index is 5.28. The van der Waals surface area contributed by atoms with Crippen LogP contribution in [-0.4, -0.2) is 28.9 Å². The first-order chi connectivity index (χ1) is 7.19. The van der Waals surface area contributed by atoms with E-state index >= 15 is 0 Å². The number of benzene rings is 1. The van der Waals surface area contributed by atoms with Crippen molar-refractivity contribution in [2.45, 2.75) is 35.6 Å². The SMILES string of the molecule is CCCc1cc[c]([Bi]([CH3])[CH3])c(COC)c1. The molecule has 1 nitrogen and oxygen atoms in total. The summed E-state index contributed by atoms with van der Waals surface area (Å²) in [6.07, 6.45) is 2.40. The molecule has 0 saturated carbocycles. The summed E-state index contributed by atoms with van der Waals surface area (Å²) in [5.41, 5.74) is 2.89. The van der Waals surface area contributed by atoms with Crippen molar-refractivity contribution < 1.29 is 4.74 Å². The zero-order valence-corrected chi connectivity index (χ0v) is 13.7. The van der Waals surface area contributed by atoms with Crippen LogP contribution >= 0.6 is 0 Å². The van der Waals surface area contributed by atoms with Gasteiger partial charge in [0.25, 0.3) is 0 Å². The summed E-state index contributed by atoms with van der Waals surface area (Å²) in [4.78, 5) is 0. The molecule has 84 valence electrons. The Balaban J connectivity index is 2.97. The summed E-state index contributed by atoms with van der Waals surface area (Å²) < 4.78 is 11.8. The molecule has 0 N–H and O–H groups in total. The molecule has 0 saturated heterocycles. The number of methoxy groups -OCH3 is 1. The Kier molecular flexibility index (Phi) is 5.78. The van der Waals surface area contributed by atoms with Crippen LogP contribution in [0.2, 0.25) is 9.26 Å². The Morgan fingerprint density at radius 2 is 2.00 bits per heavy atom. The Morgan fingerprint density at radius 1 is 1.27 bits per heavy atom. The van der Waals surface area contributed by atoms with E-state index < -0.39 is 21.8 Å². The van der Waals surface area contributed by atoms with Crippen LogP contribution in [-0.2, 0) is 17.8 Å². The Hall–Kier alpha value is 0.0631. The van der Waals surface area contributed by atoms with E-state index in [9.17, 15) is 0 Å². The van der Waals surface area contributed by atoms with Crippen LogP contribution in [0.1, 0.15) is 24.5 Å². The number of hydrogen-bond acceptors (Lipinski definition) is 1. The molecule has 0 aliphatic rings. The quantitative estimate of drug-likeness (QED) is 0.689. The van der Waals surface area contributed by atoms with Crippen molar-refractivity contribution in [3.8, 4) is 0 Å². The van der Waals surface area contributed by atoms with Gasteiger partial charge in [0.1, 0.15) is 0 Å².